The first-order chi connectivity index (χ1) is 6.27. The molecule has 0 bridgehead atoms. The van der Waals surface area contributed by atoms with Crippen molar-refractivity contribution in [2.24, 2.45) is 0 Å². The SMILES string of the molecule is Cc1nccnc1C1CNC(=O)C1. The number of hydrogen-bond donors (Lipinski definition) is 1. The van der Waals surface area contributed by atoms with E-state index in [2.05, 4.69) is 15.3 Å². The quantitative estimate of drug-likeness (QED) is 0.675. The van der Waals surface area contributed by atoms with Crippen molar-refractivity contribution < 1.29 is 4.79 Å². The van der Waals surface area contributed by atoms with Gasteiger partial charge in [-0.25, -0.2) is 0 Å². The van der Waals surface area contributed by atoms with Crippen LogP contribution < -0.4 is 5.32 Å². The molecule has 0 aromatic carbocycles. The first-order valence-corrected chi connectivity index (χ1v) is 4.31. The maximum atomic E-state index is 11.0. The third-order valence-electron chi connectivity index (χ3n) is 2.28. The van der Waals surface area contributed by atoms with Gasteiger partial charge in [0.05, 0.1) is 11.4 Å². The summed E-state index contributed by atoms with van der Waals surface area (Å²) in [5.74, 6) is 0.316. The van der Waals surface area contributed by atoms with Crippen molar-refractivity contribution in [2.45, 2.75) is 19.3 Å². The molecule has 13 heavy (non-hydrogen) atoms. The van der Waals surface area contributed by atoms with Crippen LogP contribution in [-0.2, 0) is 4.79 Å². The Morgan fingerprint density at radius 2 is 2.23 bits per heavy atom. The minimum atomic E-state index is 0.107. The van der Waals surface area contributed by atoms with Gasteiger partial charge in [-0.3, -0.25) is 14.8 Å². The Balaban J connectivity index is 2.26. The number of nitrogens with one attached hydrogen (secondary N) is 1. The second-order valence-electron chi connectivity index (χ2n) is 3.23. The zero-order valence-electron chi connectivity index (χ0n) is 7.45. The predicted molar refractivity (Wildman–Crippen MR) is 47.1 cm³/mol. The van der Waals surface area contributed by atoms with Crippen molar-refractivity contribution in [1.29, 1.82) is 0 Å². The van der Waals surface area contributed by atoms with E-state index in [1.807, 2.05) is 6.92 Å². The van der Waals surface area contributed by atoms with Crippen LogP contribution in [-0.4, -0.2) is 22.4 Å². The van der Waals surface area contributed by atoms with Crippen molar-refractivity contribution in [3.63, 3.8) is 0 Å². The molecule has 1 aliphatic heterocycles. The molecule has 1 fully saturated rings. The van der Waals surface area contributed by atoms with Crippen LogP contribution in [0, 0.1) is 6.92 Å². The fraction of sp³-hybridized carbons (Fsp3) is 0.444. The number of amides is 1. The molecule has 1 amide bonds. The molecule has 4 nitrogen and oxygen atoms in total. The van der Waals surface area contributed by atoms with Gasteiger partial charge in [-0.15, -0.1) is 0 Å². The Morgan fingerprint density at radius 3 is 2.85 bits per heavy atom. The minimum absolute atomic E-state index is 0.107. The lowest BCUT2D eigenvalue weighted by atomic mass is 10.0. The predicted octanol–water partition coefficient (Wildman–Crippen LogP) is 0.389. The second kappa shape index (κ2) is 3.12. The summed E-state index contributed by atoms with van der Waals surface area (Å²) in [6.07, 6.45) is 3.88. The van der Waals surface area contributed by atoms with Gasteiger partial charge in [0.25, 0.3) is 0 Å². The Labute approximate surface area is 76.4 Å². The van der Waals surface area contributed by atoms with Gasteiger partial charge in [0.15, 0.2) is 0 Å². The fourth-order valence-electron chi connectivity index (χ4n) is 1.62. The summed E-state index contributed by atoms with van der Waals surface area (Å²) >= 11 is 0. The average Bonchev–Trinajstić information content (AvgIpc) is 2.53. The first kappa shape index (κ1) is 8.16. The van der Waals surface area contributed by atoms with Crippen molar-refractivity contribution in [1.82, 2.24) is 15.3 Å². The van der Waals surface area contributed by atoms with E-state index >= 15 is 0 Å². The summed E-state index contributed by atoms with van der Waals surface area (Å²) < 4.78 is 0. The molecule has 1 N–H and O–H groups in total. The standard InChI is InChI=1S/C9H11N3O/c1-6-9(11-3-2-10-6)7-4-8(13)12-5-7/h2-3,7H,4-5H2,1H3,(H,12,13). The highest BCUT2D eigenvalue weighted by atomic mass is 16.1. The summed E-state index contributed by atoms with van der Waals surface area (Å²) in [5, 5.41) is 2.79. The largest absolute Gasteiger partial charge is 0.355 e. The average molecular weight is 177 g/mol. The Morgan fingerprint density at radius 1 is 1.46 bits per heavy atom. The molecule has 1 atom stereocenters. The van der Waals surface area contributed by atoms with Crippen molar-refractivity contribution in [3.8, 4) is 0 Å². The topological polar surface area (TPSA) is 54.9 Å². The van der Waals surface area contributed by atoms with Crippen LogP contribution in [0.1, 0.15) is 23.7 Å². The molecule has 4 heteroatoms. The number of aryl methyl sites for hydroxylation is 1. The van der Waals surface area contributed by atoms with Crippen LogP contribution in [0.25, 0.3) is 0 Å². The number of rotatable bonds is 1. The second-order valence-corrected chi connectivity index (χ2v) is 3.23. The van der Waals surface area contributed by atoms with E-state index in [4.69, 9.17) is 0 Å². The molecular weight excluding hydrogens is 166 g/mol. The van der Waals surface area contributed by atoms with E-state index < -0.39 is 0 Å². The summed E-state index contributed by atoms with van der Waals surface area (Å²) in [5.41, 5.74) is 1.87. The van der Waals surface area contributed by atoms with Crippen molar-refractivity contribution in [2.75, 3.05) is 6.54 Å². The number of carbonyl (C=O) groups excluding carboxylic acids is 1. The van der Waals surface area contributed by atoms with E-state index in [0.29, 0.717) is 13.0 Å². The number of carbonyl (C=O) groups is 1. The van der Waals surface area contributed by atoms with Gasteiger partial charge in [0.2, 0.25) is 5.91 Å². The minimum Gasteiger partial charge on any atom is -0.355 e. The van der Waals surface area contributed by atoms with Gasteiger partial charge >= 0.3 is 0 Å². The molecule has 68 valence electrons. The molecule has 1 unspecified atom stereocenters. The molecule has 0 radical (unpaired) electrons. The van der Waals surface area contributed by atoms with E-state index in [0.717, 1.165) is 11.4 Å². The van der Waals surface area contributed by atoms with E-state index in [1.165, 1.54) is 0 Å². The highest BCUT2D eigenvalue weighted by Gasteiger charge is 2.25. The maximum Gasteiger partial charge on any atom is 0.220 e. The first-order valence-electron chi connectivity index (χ1n) is 4.31. The fourth-order valence-corrected chi connectivity index (χ4v) is 1.62. The van der Waals surface area contributed by atoms with Gasteiger partial charge < -0.3 is 5.32 Å². The summed E-state index contributed by atoms with van der Waals surface area (Å²) in [6, 6.07) is 0. The molecule has 0 spiro atoms. The molecule has 2 rings (SSSR count). The van der Waals surface area contributed by atoms with Gasteiger partial charge in [0.1, 0.15) is 0 Å². The van der Waals surface area contributed by atoms with Crippen molar-refractivity contribution in [3.05, 3.63) is 23.8 Å². The smallest absolute Gasteiger partial charge is 0.220 e. The summed E-state index contributed by atoms with van der Waals surface area (Å²) in [7, 11) is 0. The Bertz CT molecular complexity index is 337. The molecule has 1 aromatic rings. The van der Waals surface area contributed by atoms with Gasteiger partial charge in [0, 0.05) is 31.3 Å². The van der Waals surface area contributed by atoms with Crippen LogP contribution >= 0.6 is 0 Å². The van der Waals surface area contributed by atoms with Gasteiger partial charge in [-0.2, -0.15) is 0 Å². The lowest BCUT2D eigenvalue weighted by molar-refractivity contribution is -0.119. The lowest BCUT2D eigenvalue weighted by Crippen LogP contribution is -2.14. The highest BCUT2D eigenvalue weighted by molar-refractivity contribution is 5.79. The Kier molecular flexibility index (Phi) is 1.96. The lowest BCUT2D eigenvalue weighted by Gasteiger charge is -2.07. The molecule has 1 aromatic heterocycles. The molecule has 1 aliphatic rings. The molecule has 0 saturated carbocycles. The number of aromatic nitrogens is 2. The third-order valence-corrected chi connectivity index (χ3v) is 2.28. The molecule has 2 heterocycles. The zero-order chi connectivity index (χ0) is 9.26. The maximum absolute atomic E-state index is 11.0. The van der Waals surface area contributed by atoms with E-state index in [1.54, 1.807) is 12.4 Å². The Hall–Kier alpha value is -1.45. The van der Waals surface area contributed by atoms with Crippen LogP contribution in [0.5, 0.6) is 0 Å². The van der Waals surface area contributed by atoms with E-state index in [9.17, 15) is 4.79 Å². The van der Waals surface area contributed by atoms with Gasteiger partial charge in [-0.05, 0) is 6.92 Å². The van der Waals surface area contributed by atoms with E-state index in [-0.39, 0.29) is 11.8 Å². The monoisotopic (exact) mass is 177 g/mol. The van der Waals surface area contributed by atoms with Crippen LogP contribution in [0.2, 0.25) is 0 Å². The normalized spacial score (nSPS) is 21.6. The van der Waals surface area contributed by atoms with Crippen LogP contribution in [0.4, 0.5) is 0 Å². The van der Waals surface area contributed by atoms with Gasteiger partial charge in [-0.1, -0.05) is 0 Å². The summed E-state index contributed by atoms with van der Waals surface area (Å²) in [6.45, 7) is 2.61. The molecule has 1 saturated heterocycles. The molecular formula is C9H11N3O. The zero-order valence-corrected chi connectivity index (χ0v) is 7.45. The van der Waals surface area contributed by atoms with Crippen molar-refractivity contribution >= 4 is 5.91 Å². The third kappa shape index (κ3) is 1.52. The summed E-state index contributed by atoms with van der Waals surface area (Å²) in [4.78, 5) is 19.4. The number of nitrogens with zero attached hydrogens (tertiary/aromatic N) is 2. The van der Waals surface area contributed by atoms with Crippen LogP contribution in [0.3, 0.4) is 0 Å². The van der Waals surface area contributed by atoms with Crippen LogP contribution in [0.15, 0.2) is 12.4 Å². The highest BCUT2D eigenvalue weighted by Crippen LogP contribution is 2.22. The number of hydrogen-bond acceptors (Lipinski definition) is 3. The molecule has 0 aliphatic carbocycles.